The molecule has 1 rings (SSSR count). The smallest absolute Gasteiger partial charge is 0.336 e. The molecule has 1 aromatic rings. The summed E-state index contributed by atoms with van der Waals surface area (Å²) in [5.74, 6) is -1.17. The number of nitrogens with one attached hydrogen (secondary N) is 1. The number of carboxylic acids is 1. The number of nitro groups is 1. The van der Waals surface area contributed by atoms with Crippen LogP contribution >= 0.6 is 11.8 Å². The SMILES string of the molecule is CSC(C)CCNc1cc(C(=O)O)cc([N+](=O)[O-])c1C. The monoisotopic (exact) mass is 298 g/mol. The minimum absolute atomic E-state index is 0.0808. The van der Waals surface area contributed by atoms with Crippen molar-refractivity contribution in [2.24, 2.45) is 0 Å². The second-order valence-electron chi connectivity index (χ2n) is 4.49. The zero-order valence-electron chi connectivity index (χ0n) is 11.7. The molecule has 1 atom stereocenters. The maximum atomic E-state index is 11.0. The van der Waals surface area contributed by atoms with Crippen molar-refractivity contribution < 1.29 is 14.8 Å². The highest BCUT2D eigenvalue weighted by atomic mass is 32.2. The number of carboxylic acid groups (broad SMARTS) is 1. The molecule has 0 radical (unpaired) electrons. The Bertz CT molecular complexity index is 519. The average Bonchev–Trinajstić information content (AvgIpc) is 2.39. The number of rotatable bonds is 7. The molecule has 0 aromatic heterocycles. The number of hydrogen-bond donors (Lipinski definition) is 2. The summed E-state index contributed by atoms with van der Waals surface area (Å²) < 4.78 is 0. The van der Waals surface area contributed by atoms with Gasteiger partial charge in [0.15, 0.2) is 0 Å². The summed E-state index contributed by atoms with van der Waals surface area (Å²) in [7, 11) is 0. The van der Waals surface area contributed by atoms with Gasteiger partial charge in [0.05, 0.1) is 10.5 Å². The van der Waals surface area contributed by atoms with E-state index in [1.807, 2.05) is 6.26 Å². The zero-order valence-corrected chi connectivity index (χ0v) is 12.5. The van der Waals surface area contributed by atoms with E-state index in [-0.39, 0.29) is 11.3 Å². The molecule has 0 amide bonds. The summed E-state index contributed by atoms with van der Waals surface area (Å²) in [5.41, 5.74) is 0.703. The highest BCUT2D eigenvalue weighted by Crippen LogP contribution is 2.28. The maximum absolute atomic E-state index is 11.0. The Morgan fingerprint density at radius 3 is 2.70 bits per heavy atom. The molecule has 1 unspecified atom stereocenters. The molecule has 0 aliphatic heterocycles. The van der Waals surface area contributed by atoms with Gasteiger partial charge in [-0.15, -0.1) is 0 Å². The topological polar surface area (TPSA) is 92.5 Å². The predicted molar refractivity (Wildman–Crippen MR) is 80.9 cm³/mol. The van der Waals surface area contributed by atoms with Crippen molar-refractivity contribution in [3.63, 3.8) is 0 Å². The maximum Gasteiger partial charge on any atom is 0.336 e. The molecule has 0 spiro atoms. The summed E-state index contributed by atoms with van der Waals surface area (Å²) in [6.07, 6.45) is 2.91. The van der Waals surface area contributed by atoms with Crippen LogP contribution < -0.4 is 5.32 Å². The van der Waals surface area contributed by atoms with Gasteiger partial charge in [0.2, 0.25) is 0 Å². The molecule has 2 N–H and O–H groups in total. The van der Waals surface area contributed by atoms with Gasteiger partial charge in [0.25, 0.3) is 5.69 Å². The van der Waals surface area contributed by atoms with Crippen LogP contribution in [0.1, 0.15) is 29.3 Å². The fourth-order valence-corrected chi connectivity index (χ4v) is 2.08. The number of carbonyl (C=O) groups is 1. The van der Waals surface area contributed by atoms with Crippen molar-refractivity contribution in [3.8, 4) is 0 Å². The van der Waals surface area contributed by atoms with E-state index in [9.17, 15) is 14.9 Å². The van der Waals surface area contributed by atoms with E-state index in [1.54, 1.807) is 18.7 Å². The third-order valence-electron chi connectivity index (χ3n) is 3.09. The lowest BCUT2D eigenvalue weighted by molar-refractivity contribution is -0.385. The van der Waals surface area contributed by atoms with Crippen LogP contribution in [-0.4, -0.2) is 34.0 Å². The van der Waals surface area contributed by atoms with Crippen LogP contribution in [0, 0.1) is 17.0 Å². The lowest BCUT2D eigenvalue weighted by atomic mass is 10.1. The summed E-state index contributed by atoms with van der Waals surface area (Å²) in [5, 5.41) is 23.5. The number of anilines is 1. The molecule has 0 bridgehead atoms. The van der Waals surface area contributed by atoms with Crippen LogP contribution in [0.25, 0.3) is 0 Å². The number of aromatic carboxylic acids is 1. The van der Waals surface area contributed by atoms with Crippen molar-refractivity contribution in [2.45, 2.75) is 25.5 Å². The van der Waals surface area contributed by atoms with Gasteiger partial charge in [-0.3, -0.25) is 10.1 Å². The zero-order chi connectivity index (χ0) is 15.3. The van der Waals surface area contributed by atoms with Crippen LogP contribution in [0.5, 0.6) is 0 Å². The Morgan fingerprint density at radius 1 is 1.55 bits per heavy atom. The predicted octanol–water partition coefficient (Wildman–Crippen LogP) is 3.15. The Balaban J connectivity index is 2.99. The van der Waals surface area contributed by atoms with E-state index < -0.39 is 10.9 Å². The van der Waals surface area contributed by atoms with Gasteiger partial charge < -0.3 is 10.4 Å². The summed E-state index contributed by atoms with van der Waals surface area (Å²) in [6.45, 7) is 4.35. The average molecular weight is 298 g/mol. The van der Waals surface area contributed by atoms with Crippen LogP contribution in [0.4, 0.5) is 11.4 Å². The van der Waals surface area contributed by atoms with Crippen LogP contribution in [-0.2, 0) is 0 Å². The molecular weight excluding hydrogens is 280 g/mol. The summed E-state index contributed by atoms with van der Waals surface area (Å²) in [4.78, 5) is 21.4. The van der Waals surface area contributed by atoms with Crippen molar-refractivity contribution in [1.82, 2.24) is 0 Å². The highest BCUT2D eigenvalue weighted by molar-refractivity contribution is 7.99. The Hall–Kier alpha value is -1.76. The molecule has 0 heterocycles. The molecule has 20 heavy (non-hydrogen) atoms. The van der Waals surface area contributed by atoms with Crippen molar-refractivity contribution in [3.05, 3.63) is 33.4 Å². The number of hydrogen-bond acceptors (Lipinski definition) is 5. The van der Waals surface area contributed by atoms with E-state index in [0.29, 0.717) is 23.0 Å². The second kappa shape index (κ2) is 7.14. The molecule has 1 aromatic carbocycles. The normalized spacial score (nSPS) is 11.9. The first-order valence-corrected chi connectivity index (χ1v) is 7.44. The Morgan fingerprint density at radius 2 is 2.20 bits per heavy atom. The molecule has 0 aliphatic rings. The number of thioether (sulfide) groups is 1. The lowest BCUT2D eigenvalue weighted by Crippen LogP contribution is -2.10. The van der Waals surface area contributed by atoms with Crippen molar-refractivity contribution >= 4 is 29.1 Å². The highest BCUT2D eigenvalue weighted by Gasteiger charge is 2.18. The fourth-order valence-electron chi connectivity index (χ4n) is 1.72. The van der Waals surface area contributed by atoms with E-state index in [1.165, 1.54) is 6.07 Å². The van der Waals surface area contributed by atoms with E-state index in [4.69, 9.17) is 5.11 Å². The third-order valence-corrected chi connectivity index (χ3v) is 4.13. The minimum atomic E-state index is -1.17. The van der Waals surface area contributed by atoms with Gasteiger partial charge in [0, 0.05) is 29.1 Å². The molecule has 0 aliphatic carbocycles. The number of nitrogens with zero attached hydrogens (tertiary/aromatic N) is 1. The number of nitro benzene ring substituents is 1. The molecule has 7 heteroatoms. The van der Waals surface area contributed by atoms with E-state index in [2.05, 4.69) is 12.2 Å². The van der Waals surface area contributed by atoms with E-state index in [0.717, 1.165) is 12.5 Å². The second-order valence-corrected chi connectivity index (χ2v) is 5.77. The van der Waals surface area contributed by atoms with E-state index >= 15 is 0 Å². The standard InChI is InChI=1S/C13H18N2O4S/c1-8(20-3)4-5-14-11-6-10(13(16)17)7-12(9(11)2)15(18)19/h6-8,14H,4-5H2,1-3H3,(H,16,17). The molecule has 0 saturated carbocycles. The summed E-state index contributed by atoms with van der Waals surface area (Å²) in [6, 6.07) is 2.53. The van der Waals surface area contributed by atoms with Crippen LogP contribution in [0.3, 0.4) is 0 Å². The van der Waals surface area contributed by atoms with Crippen molar-refractivity contribution in [2.75, 3.05) is 18.1 Å². The van der Waals surface area contributed by atoms with Gasteiger partial charge in [-0.05, 0) is 25.7 Å². The number of benzene rings is 1. The Labute approximate surface area is 121 Å². The lowest BCUT2D eigenvalue weighted by Gasteiger charge is -2.13. The minimum Gasteiger partial charge on any atom is -0.478 e. The Kier molecular flexibility index (Phi) is 5.82. The first kappa shape index (κ1) is 16.3. The first-order valence-electron chi connectivity index (χ1n) is 6.15. The molecule has 0 fully saturated rings. The van der Waals surface area contributed by atoms with Gasteiger partial charge in [-0.25, -0.2) is 4.79 Å². The van der Waals surface area contributed by atoms with Crippen molar-refractivity contribution in [1.29, 1.82) is 0 Å². The quantitative estimate of drug-likeness (QED) is 0.593. The largest absolute Gasteiger partial charge is 0.478 e. The van der Waals surface area contributed by atoms with Crippen LogP contribution in [0.15, 0.2) is 12.1 Å². The van der Waals surface area contributed by atoms with Crippen LogP contribution in [0.2, 0.25) is 0 Å². The molecule has 0 saturated heterocycles. The van der Waals surface area contributed by atoms with Gasteiger partial charge in [0.1, 0.15) is 0 Å². The molecule has 6 nitrogen and oxygen atoms in total. The summed E-state index contributed by atoms with van der Waals surface area (Å²) >= 11 is 1.74. The first-order chi connectivity index (χ1) is 9.36. The third kappa shape index (κ3) is 4.12. The fraction of sp³-hybridized carbons (Fsp3) is 0.462. The molecular formula is C13H18N2O4S. The van der Waals surface area contributed by atoms with Gasteiger partial charge in [-0.2, -0.15) is 11.8 Å². The van der Waals surface area contributed by atoms with Gasteiger partial charge in [-0.1, -0.05) is 6.92 Å². The molecule has 110 valence electrons. The van der Waals surface area contributed by atoms with Gasteiger partial charge >= 0.3 is 5.97 Å².